The van der Waals surface area contributed by atoms with Crippen LogP contribution in [0.1, 0.15) is 17.8 Å². The average Bonchev–Trinajstić information content (AvgIpc) is 3.15. The SMILES string of the molecule is COc1ccc(-c2csc(NC(=O)CCSc3nc(C)cc(C)n3)n2)cc1OC. The number of benzene rings is 1. The number of thiazole rings is 1. The van der Waals surface area contributed by atoms with Crippen LogP contribution in [-0.2, 0) is 4.79 Å². The highest BCUT2D eigenvalue weighted by Gasteiger charge is 2.11. The normalized spacial score (nSPS) is 10.6. The third-order valence-corrected chi connectivity index (χ3v) is 5.56. The Morgan fingerprint density at radius 3 is 2.48 bits per heavy atom. The Morgan fingerprint density at radius 2 is 1.79 bits per heavy atom. The minimum absolute atomic E-state index is 0.0879. The summed E-state index contributed by atoms with van der Waals surface area (Å²) in [5, 5.41) is 6.01. The van der Waals surface area contributed by atoms with E-state index in [1.807, 2.05) is 43.5 Å². The summed E-state index contributed by atoms with van der Waals surface area (Å²) in [6, 6.07) is 7.52. The number of carbonyl (C=O) groups excluding carboxylic acids is 1. The first-order valence-corrected chi connectivity index (χ1v) is 10.8. The second-order valence-electron chi connectivity index (χ2n) is 6.19. The summed E-state index contributed by atoms with van der Waals surface area (Å²) < 4.78 is 10.6. The number of hydrogen-bond donors (Lipinski definition) is 1. The number of methoxy groups -OCH3 is 2. The fraction of sp³-hybridized carbons (Fsp3) is 0.300. The molecule has 0 saturated carbocycles. The van der Waals surface area contributed by atoms with Crippen LogP contribution in [0.15, 0.2) is 34.8 Å². The number of aryl methyl sites for hydroxylation is 2. The van der Waals surface area contributed by atoms with Crippen molar-refractivity contribution >= 4 is 34.1 Å². The smallest absolute Gasteiger partial charge is 0.226 e. The lowest BCUT2D eigenvalue weighted by Gasteiger charge is -2.08. The van der Waals surface area contributed by atoms with Crippen LogP contribution in [0.2, 0.25) is 0 Å². The Kier molecular flexibility index (Phi) is 7.05. The fourth-order valence-electron chi connectivity index (χ4n) is 2.63. The third-order valence-electron chi connectivity index (χ3n) is 3.95. The van der Waals surface area contributed by atoms with Gasteiger partial charge in [0.2, 0.25) is 5.91 Å². The van der Waals surface area contributed by atoms with Crippen LogP contribution in [0.25, 0.3) is 11.3 Å². The molecule has 2 heterocycles. The minimum atomic E-state index is -0.0879. The maximum atomic E-state index is 12.2. The average molecular weight is 431 g/mol. The zero-order chi connectivity index (χ0) is 20.8. The number of hydrogen-bond acceptors (Lipinski definition) is 8. The van der Waals surface area contributed by atoms with Gasteiger partial charge in [0, 0.05) is 34.5 Å². The van der Waals surface area contributed by atoms with Gasteiger partial charge in [-0.15, -0.1) is 11.3 Å². The quantitative estimate of drug-likeness (QED) is 0.420. The zero-order valence-corrected chi connectivity index (χ0v) is 18.3. The second-order valence-corrected chi connectivity index (χ2v) is 8.11. The van der Waals surface area contributed by atoms with E-state index in [9.17, 15) is 4.79 Å². The Bertz CT molecular complexity index is 987. The summed E-state index contributed by atoms with van der Waals surface area (Å²) in [4.78, 5) is 25.5. The zero-order valence-electron chi connectivity index (χ0n) is 16.7. The van der Waals surface area contributed by atoms with Gasteiger partial charge in [-0.3, -0.25) is 4.79 Å². The number of nitrogens with zero attached hydrogens (tertiary/aromatic N) is 3. The predicted molar refractivity (Wildman–Crippen MR) is 116 cm³/mol. The van der Waals surface area contributed by atoms with Gasteiger partial charge in [0.1, 0.15) is 0 Å². The molecule has 0 saturated heterocycles. The van der Waals surface area contributed by atoms with Crippen molar-refractivity contribution in [2.75, 3.05) is 25.3 Å². The number of thioether (sulfide) groups is 1. The molecule has 0 bridgehead atoms. The van der Waals surface area contributed by atoms with Crippen molar-refractivity contribution in [3.05, 3.63) is 41.0 Å². The molecule has 29 heavy (non-hydrogen) atoms. The monoisotopic (exact) mass is 430 g/mol. The van der Waals surface area contributed by atoms with Crippen molar-refractivity contribution in [2.24, 2.45) is 0 Å². The molecule has 1 N–H and O–H groups in total. The van der Waals surface area contributed by atoms with Gasteiger partial charge < -0.3 is 14.8 Å². The summed E-state index contributed by atoms with van der Waals surface area (Å²) in [6.45, 7) is 3.87. The maximum absolute atomic E-state index is 12.2. The standard InChI is InChI=1S/C20H22N4O3S2/c1-12-9-13(2)22-19(21-12)28-8-7-18(25)24-20-23-15(11-29-20)14-5-6-16(26-3)17(10-14)27-4/h5-6,9-11H,7-8H2,1-4H3,(H,23,24,25). The van der Waals surface area contributed by atoms with E-state index in [0.29, 0.717) is 34.0 Å². The van der Waals surface area contributed by atoms with Crippen LogP contribution >= 0.6 is 23.1 Å². The minimum Gasteiger partial charge on any atom is -0.493 e. The highest BCUT2D eigenvalue weighted by Crippen LogP contribution is 2.33. The van der Waals surface area contributed by atoms with Crippen LogP contribution in [0.4, 0.5) is 5.13 Å². The first-order valence-electron chi connectivity index (χ1n) is 8.91. The lowest BCUT2D eigenvalue weighted by atomic mass is 10.1. The highest BCUT2D eigenvalue weighted by atomic mass is 32.2. The van der Waals surface area contributed by atoms with Gasteiger partial charge >= 0.3 is 0 Å². The molecule has 152 valence electrons. The molecule has 2 aromatic heterocycles. The summed E-state index contributed by atoms with van der Waals surface area (Å²) in [6.07, 6.45) is 0.353. The summed E-state index contributed by atoms with van der Waals surface area (Å²) in [5.74, 6) is 1.80. The van der Waals surface area contributed by atoms with Crippen LogP contribution in [-0.4, -0.2) is 40.8 Å². The van der Waals surface area contributed by atoms with Crippen LogP contribution in [0, 0.1) is 13.8 Å². The third kappa shape index (κ3) is 5.68. The highest BCUT2D eigenvalue weighted by molar-refractivity contribution is 7.99. The van der Waals surface area contributed by atoms with E-state index >= 15 is 0 Å². The second kappa shape index (κ2) is 9.71. The molecule has 0 fully saturated rings. The molecule has 0 aliphatic heterocycles. The summed E-state index contributed by atoms with van der Waals surface area (Å²) in [5.41, 5.74) is 3.51. The van der Waals surface area contributed by atoms with Crippen LogP contribution < -0.4 is 14.8 Å². The Labute approximate surface area is 177 Å². The molecule has 3 aromatic rings. The number of anilines is 1. The summed E-state index contributed by atoms with van der Waals surface area (Å²) >= 11 is 2.85. The Hall–Kier alpha value is -2.65. The van der Waals surface area contributed by atoms with Gasteiger partial charge in [-0.1, -0.05) is 11.8 Å². The van der Waals surface area contributed by atoms with Crippen molar-refractivity contribution in [2.45, 2.75) is 25.4 Å². The number of carbonyl (C=O) groups is 1. The lowest BCUT2D eigenvalue weighted by Crippen LogP contribution is -2.12. The molecule has 3 rings (SSSR count). The molecule has 1 aromatic carbocycles. The van der Waals surface area contributed by atoms with E-state index in [1.165, 1.54) is 23.1 Å². The van der Waals surface area contributed by atoms with E-state index in [-0.39, 0.29) is 5.91 Å². The maximum Gasteiger partial charge on any atom is 0.226 e. The molecule has 1 amide bonds. The number of nitrogens with one attached hydrogen (secondary N) is 1. The van der Waals surface area contributed by atoms with Crippen molar-refractivity contribution in [1.29, 1.82) is 0 Å². The number of amides is 1. The van der Waals surface area contributed by atoms with E-state index in [2.05, 4.69) is 20.3 Å². The van der Waals surface area contributed by atoms with Gasteiger partial charge in [0.05, 0.1) is 19.9 Å². The summed E-state index contributed by atoms with van der Waals surface area (Å²) in [7, 11) is 3.19. The Balaban J connectivity index is 1.56. The topological polar surface area (TPSA) is 86.2 Å². The molecule has 9 heteroatoms. The largest absolute Gasteiger partial charge is 0.493 e. The molecule has 0 radical (unpaired) electrons. The molecular formula is C20H22N4O3S2. The van der Waals surface area contributed by atoms with Crippen molar-refractivity contribution < 1.29 is 14.3 Å². The lowest BCUT2D eigenvalue weighted by molar-refractivity contribution is -0.115. The van der Waals surface area contributed by atoms with E-state index in [1.54, 1.807) is 14.2 Å². The van der Waals surface area contributed by atoms with Crippen LogP contribution in [0.3, 0.4) is 0 Å². The Morgan fingerprint density at radius 1 is 1.07 bits per heavy atom. The fourth-order valence-corrected chi connectivity index (χ4v) is 4.26. The predicted octanol–water partition coefficient (Wildman–Crippen LogP) is 4.36. The number of rotatable bonds is 8. The van der Waals surface area contributed by atoms with Gasteiger partial charge in [0.25, 0.3) is 0 Å². The van der Waals surface area contributed by atoms with Gasteiger partial charge in [-0.25, -0.2) is 15.0 Å². The molecule has 0 aliphatic rings. The molecular weight excluding hydrogens is 408 g/mol. The first-order chi connectivity index (χ1) is 14.0. The van der Waals surface area contributed by atoms with Gasteiger partial charge in [0.15, 0.2) is 21.8 Å². The molecule has 0 atom stereocenters. The van der Waals surface area contributed by atoms with E-state index < -0.39 is 0 Å². The van der Waals surface area contributed by atoms with Gasteiger partial charge in [-0.2, -0.15) is 0 Å². The van der Waals surface area contributed by atoms with E-state index in [0.717, 1.165) is 22.6 Å². The van der Waals surface area contributed by atoms with E-state index in [4.69, 9.17) is 9.47 Å². The van der Waals surface area contributed by atoms with Crippen LogP contribution in [0.5, 0.6) is 11.5 Å². The first kappa shape index (κ1) is 21.1. The van der Waals surface area contributed by atoms with Crippen molar-refractivity contribution in [3.8, 4) is 22.8 Å². The molecule has 7 nitrogen and oxygen atoms in total. The number of ether oxygens (including phenoxy) is 2. The van der Waals surface area contributed by atoms with Crippen molar-refractivity contribution in [1.82, 2.24) is 15.0 Å². The number of aromatic nitrogens is 3. The molecule has 0 aliphatic carbocycles. The van der Waals surface area contributed by atoms with Gasteiger partial charge in [-0.05, 0) is 38.1 Å². The molecule has 0 unspecified atom stereocenters. The molecule has 0 spiro atoms. The van der Waals surface area contributed by atoms with Crippen molar-refractivity contribution in [3.63, 3.8) is 0 Å².